The van der Waals surface area contributed by atoms with Gasteiger partial charge in [-0.3, -0.25) is 0 Å². The second kappa shape index (κ2) is 1.61. The summed E-state index contributed by atoms with van der Waals surface area (Å²) in [6, 6.07) is 0. The van der Waals surface area contributed by atoms with E-state index in [2.05, 4.69) is 22.7 Å². The first-order chi connectivity index (χ1) is 4.38. The highest BCUT2D eigenvalue weighted by molar-refractivity contribution is 7.09. The molecule has 1 N–H and O–H groups in total. The molecule has 0 unspecified atom stereocenters. The second-order valence-electron chi connectivity index (χ2n) is 2.17. The predicted molar refractivity (Wildman–Crippen MR) is 40.9 cm³/mol. The summed E-state index contributed by atoms with van der Waals surface area (Å²) in [5.41, 5.74) is 2.60. The molecule has 2 aromatic rings. The van der Waals surface area contributed by atoms with E-state index < -0.39 is 0 Å². The first-order valence-electron chi connectivity index (χ1n) is 2.88. The molecule has 0 saturated heterocycles. The third-order valence-corrected chi connectivity index (χ3v) is 2.27. The van der Waals surface area contributed by atoms with Gasteiger partial charge in [-0.1, -0.05) is 0 Å². The highest BCUT2D eigenvalue weighted by Gasteiger charge is 1.96. The van der Waals surface area contributed by atoms with E-state index in [0.29, 0.717) is 0 Å². The van der Waals surface area contributed by atoms with Gasteiger partial charge in [-0.05, 0) is 12.5 Å². The summed E-state index contributed by atoms with van der Waals surface area (Å²) in [6.45, 7) is 2.12. The molecule has 0 amide bonds. The maximum absolute atomic E-state index is 3.18. The Morgan fingerprint density at radius 2 is 2.33 bits per heavy atom. The summed E-state index contributed by atoms with van der Waals surface area (Å²) in [6.07, 6.45) is 2.04. The van der Waals surface area contributed by atoms with Crippen molar-refractivity contribution in [2.45, 2.75) is 6.92 Å². The molecule has 0 aliphatic carbocycles. The number of fused-ring (bicyclic) bond motifs is 1. The van der Waals surface area contributed by atoms with Crippen molar-refractivity contribution >= 4 is 22.2 Å². The highest BCUT2D eigenvalue weighted by Crippen LogP contribution is 2.20. The van der Waals surface area contributed by atoms with Crippen LogP contribution in [0.25, 0.3) is 10.9 Å². The van der Waals surface area contributed by atoms with Gasteiger partial charge in [-0.2, -0.15) is 0 Å². The lowest BCUT2D eigenvalue weighted by Crippen LogP contribution is -1.55. The number of aromatic amines is 1. The zero-order valence-electron chi connectivity index (χ0n) is 5.14. The van der Waals surface area contributed by atoms with Gasteiger partial charge in [-0.15, -0.1) is 11.3 Å². The summed E-state index contributed by atoms with van der Waals surface area (Å²) in [4.78, 5) is 3.18. The number of thiophene rings is 1. The summed E-state index contributed by atoms with van der Waals surface area (Å²) in [5, 5.41) is 5.66. The average Bonchev–Trinajstić information content (AvgIpc) is 2.35. The van der Waals surface area contributed by atoms with Gasteiger partial charge >= 0.3 is 0 Å². The second-order valence-corrected chi connectivity index (χ2v) is 2.91. The zero-order valence-corrected chi connectivity index (χ0v) is 5.96. The van der Waals surface area contributed by atoms with E-state index in [0.717, 1.165) is 0 Å². The number of aryl methyl sites for hydroxylation is 1. The van der Waals surface area contributed by atoms with Crippen LogP contribution in [-0.4, -0.2) is 4.98 Å². The monoisotopic (exact) mass is 137 g/mol. The lowest BCUT2D eigenvalue weighted by molar-refractivity contribution is 1.43. The van der Waals surface area contributed by atoms with Crippen molar-refractivity contribution in [2.24, 2.45) is 0 Å². The Morgan fingerprint density at radius 1 is 1.44 bits per heavy atom. The van der Waals surface area contributed by atoms with Crippen LogP contribution in [0.15, 0.2) is 17.0 Å². The standard InChI is InChI=1S/C7H7NS/c1-5-2-8-7-4-9-3-6(5)7/h2-4,8H,1H3. The van der Waals surface area contributed by atoms with Gasteiger partial charge in [0.1, 0.15) is 0 Å². The van der Waals surface area contributed by atoms with E-state index in [4.69, 9.17) is 0 Å². The van der Waals surface area contributed by atoms with E-state index in [1.165, 1.54) is 16.5 Å². The lowest BCUT2D eigenvalue weighted by atomic mass is 10.3. The first-order valence-corrected chi connectivity index (χ1v) is 3.82. The SMILES string of the molecule is Cc1c[nH]c2cscc12. The fourth-order valence-electron chi connectivity index (χ4n) is 0.978. The molecule has 2 rings (SSSR count). The van der Waals surface area contributed by atoms with Crippen molar-refractivity contribution in [1.82, 2.24) is 4.98 Å². The molecule has 0 aliphatic heterocycles. The molecule has 0 saturated carbocycles. The molecule has 9 heavy (non-hydrogen) atoms. The number of hydrogen-bond donors (Lipinski definition) is 1. The Bertz CT molecular complexity index is 318. The van der Waals surface area contributed by atoms with Crippen LogP contribution < -0.4 is 0 Å². The molecule has 0 fully saturated rings. The molecular formula is C7H7NS. The van der Waals surface area contributed by atoms with Crippen LogP contribution in [0.1, 0.15) is 5.56 Å². The van der Waals surface area contributed by atoms with Gasteiger partial charge in [0.25, 0.3) is 0 Å². The minimum absolute atomic E-state index is 1.26. The van der Waals surface area contributed by atoms with Crippen LogP contribution in [0.2, 0.25) is 0 Å². The summed E-state index contributed by atoms with van der Waals surface area (Å²) in [5.74, 6) is 0. The Hall–Kier alpha value is -0.760. The molecule has 2 aromatic heterocycles. The van der Waals surface area contributed by atoms with E-state index in [1.54, 1.807) is 11.3 Å². The summed E-state index contributed by atoms with van der Waals surface area (Å²) < 4.78 is 0. The minimum atomic E-state index is 1.26. The highest BCUT2D eigenvalue weighted by atomic mass is 32.1. The van der Waals surface area contributed by atoms with Crippen LogP contribution in [0.4, 0.5) is 0 Å². The van der Waals surface area contributed by atoms with Crippen molar-refractivity contribution < 1.29 is 0 Å². The maximum atomic E-state index is 3.18. The number of H-pyrrole nitrogens is 1. The van der Waals surface area contributed by atoms with E-state index in [-0.39, 0.29) is 0 Å². The molecule has 0 spiro atoms. The topological polar surface area (TPSA) is 15.8 Å². The molecule has 2 heterocycles. The van der Waals surface area contributed by atoms with Crippen LogP contribution in [0, 0.1) is 6.92 Å². The molecule has 0 aliphatic rings. The number of aromatic nitrogens is 1. The quantitative estimate of drug-likeness (QED) is 0.574. The molecule has 46 valence electrons. The zero-order chi connectivity index (χ0) is 6.27. The van der Waals surface area contributed by atoms with Gasteiger partial charge in [-0.25, -0.2) is 0 Å². The maximum Gasteiger partial charge on any atom is 0.0565 e. The number of hydrogen-bond acceptors (Lipinski definition) is 1. The molecule has 0 bridgehead atoms. The summed E-state index contributed by atoms with van der Waals surface area (Å²) in [7, 11) is 0. The smallest absolute Gasteiger partial charge is 0.0565 e. The Morgan fingerprint density at radius 3 is 3.11 bits per heavy atom. The van der Waals surface area contributed by atoms with Crippen molar-refractivity contribution in [3.63, 3.8) is 0 Å². The third-order valence-electron chi connectivity index (χ3n) is 1.53. The molecular weight excluding hydrogens is 130 g/mol. The van der Waals surface area contributed by atoms with Crippen LogP contribution in [-0.2, 0) is 0 Å². The minimum Gasteiger partial charge on any atom is -0.360 e. The van der Waals surface area contributed by atoms with Crippen LogP contribution in [0.5, 0.6) is 0 Å². The Labute approximate surface area is 57.3 Å². The third kappa shape index (κ3) is 0.598. The Kier molecular flexibility index (Phi) is 0.904. The summed E-state index contributed by atoms with van der Waals surface area (Å²) >= 11 is 1.74. The first kappa shape index (κ1) is 5.06. The van der Waals surface area contributed by atoms with E-state index in [9.17, 15) is 0 Å². The normalized spacial score (nSPS) is 10.8. The number of nitrogens with one attached hydrogen (secondary N) is 1. The van der Waals surface area contributed by atoms with Gasteiger partial charge < -0.3 is 4.98 Å². The van der Waals surface area contributed by atoms with Crippen molar-refractivity contribution in [2.75, 3.05) is 0 Å². The van der Waals surface area contributed by atoms with Crippen LogP contribution in [0.3, 0.4) is 0 Å². The predicted octanol–water partition coefficient (Wildman–Crippen LogP) is 2.54. The van der Waals surface area contributed by atoms with E-state index >= 15 is 0 Å². The number of rotatable bonds is 0. The van der Waals surface area contributed by atoms with Gasteiger partial charge in [0.2, 0.25) is 0 Å². The van der Waals surface area contributed by atoms with Crippen LogP contribution >= 0.6 is 11.3 Å². The molecule has 1 nitrogen and oxygen atoms in total. The largest absolute Gasteiger partial charge is 0.360 e. The van der Waals surface area contributed by atoms with Crippen molar-refractivity contribution in [3.05, 3.63) is 22.5 Å². The van der Waals surface area contributed by atoms with Gasteiger partial charge in [0.05, 0.1) is 5.52 Å². The molecule has 2 heteroatoms. The van der Waals surface area contributed by atoms with Crippen molar-refractivity contribution in [1.29, 1.82) is 0 Å². The fourth-order valence-corrected chi connectivity index (χ4v) is 1.83. The average molecular weight is 137 g/mol. The molecule has 0 radical (unpaired) electrons. The molecule has 0 aromatic carbocycles. The Balaban J connectivity index is 2.99. The lowest BCUT2D eigenvalue weighted by Gasteiger charge is -1.75. The van der Waals surface area contributed by atoms with Crippen molar-refractivity contribution in [3.8, 4) is 0 Å². The molecule has 0 atom stereocenters. The van der Waals surface area contributed by atoms with E-state index in [1.807, 2.05) is 6.20 Å². The van der Waals surface area contributed by atoms with Gasteiger partial charge in [0.15, 0.2) is 0 Å². The van der Waals surface area contributed by atoms with Gasteiger partial charge in [0, 0.05) is 22.3 Å². The fraction of sp³-hybridized carbons (Fsp3) is 0.143.